The minimum atomic E-state index is -0.686. The number of rotatable bonds is 14. The summed E-state index contributed by atoms with van der Waals surface area (Å²) < 4.78 is 23.7. The van der Waals surface area contributed by atoms with Gasteiger partial charge in [-0.3, -0.25) is 0 Å². The van der Waals surface area contributed by atoms with Gasteiger partial charge in [-0.15, -0.1) is 11.6 Å². The van der Waals surface area contributed by atoms with E-state index in [4.69, 9.17) is 32.7 Å². The van der Waals surface area contributed by atoms with Gasteiger partial charge >= 0.3 is 0 Å². The van der Waals surface area contributed by atoms with Gasteiger partial charge in [-0.1, -0.05) is 38.1 Å². The van der Waals surface area contributed by atoms with E-state index in [0.717, 1.165) is 28.2 Å². The van der Waals surface area contributed by atoms with Crippen molar-refractivity contribution in [2.24, 2.45) is 11.6 Å². The largest absolute Gasteiger partial charge is 0.494 e. The lowest BCUT2D eigenvalue weighted by Gasteiger charge is -2.27. The second-order valence-electron chi connectivity index (χ2n) is 8.65. The zero-order valence-electron chi connectivity index (χ0n) is 20.0. The molecule has 0 amide bonds. The van der Waals surface area contributed by atoms with Gasteiger partial charge < -0.3 is 25.3 Å². The van der Waals surface area contributed by atoms with E-state index in [9.17, 15) is 8.99 Å². The molecule has 2 aromatic carbocycles. The average Bonchev–Trinajstić information content (AvgIpc) is 2.81. The topological polar surface area (TPSA) is 94.0 Å². The summed E-state index contributed by atoms with van der Waals surface area (Å²) in [7, 11) is 0. The van der Waals surface area contributed by atoms with Crippen LogP contribution in [-0.2, 0) is 5.41 Å². The van der Waals surface area contributed by atoms with Gasteiger partial charge in [-0.05, 0) is 41.8 Å². The van der Waals surface area contributed by atoms with Crippen LogP contribution in [0.4, 0.5) is 3.89 Å². The Bertz CT molecular complexity index is 928. The highest BCUT2D eigenvalue weighted by Crippen LogP contribution is 2.34. The number of aryl methyl sites for hydroxylation is 1. The summed E-state index contributed by atoms with van der Waals surface area (Å²) in [5.74, 6) is 7.59. The molecule has 2 aromatic rings. The highest BCUT2D eigenvalue weighted by atomic mass is 35.5. The fourth-order valence-corrected chi connectivity index (χ4v) is 3.67. The van der Waals surface area contributed by atoms with Gasteiger partial charge in [0.2, 0.25) is 0 Å². The van der Waals surface area contributed by atoms with Crippen LogP contribution in [0.25, 0.3) is 0 Å². The van der Waals surface area contributed by atoms with Gasteiger partial charge in [0.05, 0.1) is 30.4 Å². The molecular formula is C25H35ClFN3O3S. The molecule has 0 saturated heterocycles. The molecule has 0 bridgehead atoms. The smallest absolute Gasteiger partial charge is 0.122 e. The summed E-state index contributed by atoms with van der Waals surface area (Å²) in [6.07, 6.45) is 1.55. The first kappa shape index (κ1) is 28.1. The van der Waals surface area contributed by atoms with E-state index in [2.05, 4.69) is 32.0 Å². The molecule has 0 aliphatic heterocycles. The number of alkyl halides is 1. The molecule has 0 saturated carbocycles. The second kappa shape index (κ2) is 13.7. The summed E-state index contributed by atoms with van der Waals surface area (Å²) in [6, 6.07) is 14.2. The maximum atomic E-state index is 12.2. The molecule has 9 heteroatoms. The van der Waals surface area contributed by atoms with Crippen molar-refractivity contribution in [2.75, 3.05) is 31.4 Å². The van der Waals surface area contributed by atoms with Crippen molar-refractivity contribution in [1.29, 1.82) is 0 Å². The molecule has 0 heterocycles. The lowest BCUT2D eigenvalue weighted by atomic mass is 9.77. The molecule has 0 spiro atoms. The number of aliphatic hydroxyl groups is 1. The van der Waals surface area contributed by atoms with Crippen LogP contribution in [0.5, 0.6) is 11.5 Å². The monoisotopic (exact) mass is 511 g/mol. The number of nitrogens with zero attached hydrogens (tertiary/aromatic N) is 1. The molecule has 6 nitrogen and oxygen atoms in total. The maximum Gasteiger partial charge on any atom is 0.122 e. The van der Waals surface area contributed by atoms with Crippen molar-refractivity contribution < 1.29 is 18.5 Å². The summed E-state index contributed by atoms with van der Waals surface area (Å²) in [5.41, 5.74) is 9.13. The Balaban J connectivity index is 1.93. The standard InChI is InChI=1S/C25H35ClFN3O3S/c1-18-13-20(7-10-24(18)33-16-22(31)14-26)25(2,3)19-5-8-23(9-6-19)32-12-4-11-30(29)15-21(28)17-34-27/h5-10,13,15,22,31H,4,11-12,14,16-17,28-29H2,1-3H3/b21-15-. The lowest BCUT2D eigenvalue weighted by molar-refractivity contribution is 0.125. The number of benzene rings is 2. The van der Waals surface area contributed by atoms with E-state index in [0.29, 0.717) is 25.3 Å². The molecule has 0 radical (unpaired) electrons. The Morgan fingerprint density at radius 1 is 1.21 bits per heavy atom. The molecule has 0 aromatic heterocycles. The molecular weight excluding hydrogens is 477 g/mol. The number of nitrogens with two attached hydrogens (primary N) is 2. The number of hydrogen-bond acceptors (Lipinski definition) is 7. The van der Waals surface area contributed by atoms with Crippen LogP contribution < -0.4 is 21.1 Å². The fourth-order valence-electron chi connectivity index (χ4n) is 3.38. The first-order valence-electron chi connectivity index (χ1n) is 11.1. The van der Waals surface area contributed by atoms with Gasteiger partial charge in [-0.2, -0.15) is 3.89 Å². The van der Waals surface area contributed by atoms with Crippen molar-refractivity contribution in [3.8, 4) is 11.5 Å². The van der Waals surface area contributed by atoms with Crippen molar-refractivity contribution in [3.63, 3.8) is 0 Å². The van der Waals surface area contributed by atoms with E-state index in [1.54, 1.807) is 0 Å². The van der Waals surface area contributed by atoms with Crippen LogP contribution >= 0.6 is 23.7 Å². The zero-order chi connectivity index (χ0) is 25.1. The number of hydrazine groups is 1. The minimum absolute atomic E-state index is 0.100. The average molecular weight is 512 g/mol. The van der Waals surface area contributed by atoms with E-state index < -0.39 is 6.10 Å². The SMILES string of the molecule is Cc1cc(C(C)(C)c2ccc(OCCCN(N)/C=C(\N)CSF)cc2)ccc1OCC(O)CCl. The Morgan fingerprint density at radius 3 is 2.50 bits per heavy atom. The maximum absolute atomic E-state index is 12.2. The minimum Gasteiger partial charge on any atom is -0.494 e. The number of halogens is 2. The van der Waals surface area contributed by atoms with Crippen molar-refractivity contribution >= 4 is 23.7 Å². The van der Waals surface area contributed by atoms with Crippen LogP contribution in [0.1, 0.15) is 37.0 Å². The van der Waals surface area contributed by atoms with Gasteiger partial charge in [0.15, 0.2) is 0 Å². The third-order valence-corrected chi connectivity index (χ3v) is 6.26. The molecule has 34 heavy (non-hydrogen) atoms. The predicted molar refractivity (Wildman–Crippen MR) is 139 cm³/mol. The molecule has 1 atom stereocenters. The predicted octanol–water partition coefficient (Wildman–Crippen LogP) is 4.66. The molecule has 1 unspecified atom stereocenters. The van der Waals surface area contributed by atoms with Crippen LogP contribution in [0.15, 0.2) is 54.4 Å². The first-order valence-corrected chi connectivity index (χ1v) is 12.5. The van der Waals surface area contributed by atoms with E-state index in [1.165, 1.54) is 11.2 Å². The van der Waals surface area contributed by atoms with Crippen molar-refractivity contribution in [3.05, 3.63) is 71.1 Å². The number of ether oxygens (including phenoxy) is 2. The second-order valence-corrected chi connectivity index (χ2v) is 9.46. The summed E-state index contributed by atoms with van der Waals surface area (Å²) in [6.45, 7) is 7.55. The van der Waals surface area contributed by atoms with Crippen LogP contribution in [0.2, 0.25) is 0 Å². The van der Waals surface area contributed by atoms with Gasteiger partial charge in [-0.25, -0.2) is 5.84 Å². The summed E-state index contributed by atoms with van der Waals surface area (Å²) in [5, 5.41) is 11.1. The number of aliphatic hydroxyl groups excluding tert-OH is 1. The lowest BCUT2D eigenvalue weighted by Crippen LogP contribution is -2.28. The molecule has 188 valence electrons. The highest BCUT2D eigenvalue weighted by Gasteiger charge is 2.24. The molecule has 0 aliphatic carbocycles. The molecule has 0 aliphatic rings. The summed E-state index contributed by atoms with van der Waals surface area (Å²) >= 11 is 5.80. The van der Waals surface area contributed by atoms with Crippen LogP contribution in [0, 0.1) is 6.92 Å². The highest BCUT2D eigenvalue weighted by molar-refractivity contribution is 7.94. The Hall–Kier alpha value is -2.13. The Labute approximate surface area is 211 Å². The van der Waals surface area contributed by atoms with E-state index >= 15 is 0 Å². The summed E-state index contributed by atoms with van der Waals surface area (Å²) in [4.78, 5) is 0. The van der Waals surface area contributed by atoms with Crippen molar-refractivity contribution in [1.82, 2.24) is 5.01 Å². The number of hydrogen-bond donors (Lipinski definition) is 3. The molecule has 2 rings (SSSR count). The van der Waals surface area contributed by atoms with Crippen molar-refractivity contribution in [2.45, 2.75) is 38.7 Å². The van der Waals surface area contributed by atoms with E-state index in [-0.39, 0.29) is 35.8 Å². The quantitative estimate of drug-likeness (QED) is 0.147. The molecule has 5 N–H and O–H groups in total. The van der Waals surface area contributed by atoms with E-state index in [1.807, 2.05) is 31.2 Å². The van der Waals surface area contributed by atoms with Crippen LogP contribution in [-0.4, -0.2) is 47.6 Å². The molecule has 0 fully saturated rings. The Kier molecular flexibility index (Phi) is 11.3. The fraction of sp³-hybridized carbons (Fsp3) is 0.440. The Morgan fingerprint density at radius 2 is 1.88 bits per heavy atom. The normalized spacial score (nSPS) is 13.0. The zero-order valence-corrected chi connectivity index (χ0v) is 21.5. The van der Waals surface area contributed by atoms with Gasteiger partial charge in [0, 0.05) is 30.3 Å². The van der Waals surface area contributed by atoms with Gasteiger partial charge in [0.1, 0.15) is 24.2 Å². The first-order chi connectivity index (χ1) is 16.2. The third-order valence-electron chi connectivity index (χ3n) is 5.46. The van der Waals surface area contributed by atoms with Crippen LogP contribution in [0.3, 0.4) is 0 Å². The third kappa shape index (κ3) is 8.58. The van der Waals surface area contributed by atoms with Gasteiger partial charge in [0.25, 0.3) is 0 Å².